The Balaban J connectivity index is 2.96. The number of nitrogens with one attached hydrogen (secondary N) is 1. The lowest BCUT2D eigenvalue weighted by atomic mass is 10.1. The second kappa shape index (κ2) is 6.71. The van der Waals surface area contributed by atoms with Gasteiger partial charge >= 0.3 is 5.97 Å². The number of methoxy groups -OCH3 is 1. The van der Waals surface area contributed by atoms with Gasteiger partial charge in [0, 0.05) is 5.69 Å². The van der Waals surface area contributed by atoms with Gasteiger partial charge in [-0.2, -0.15) is 4.72 Å². The lowest BCUT2D eigenvalue weighted by Gasteiger charge is -2.18. The van der Waals surface area contributed by atoms with Gasteiger partial charge in [-0.05, 0) is 36.6 Å². The van der Waals surface area contributed by atoms with Crippen LogP contribution in [-0.2, 0) is 19.6 Å². The van der Waals surface area contributed by atoms with Crippen LogP contribution in [0.3, 0.4) is 0 Å². The number of benzene rings is 1. The molecule has 0 saturated carbocycles. The zero-order chi connectivity index (χ0) is 15.3. The van der Waals surface area contributed by atoms with E-state index in [-0.39, 0.29) is 10.8 Å². The van der Waals surface area contributed by atoms with E-state index in [4.69, 9.17) is 5.73 Å². The number of carbonyl (C=O) groups excluding carboxylic acids is 1. The number of hydrogen-bond donors (Lipinski definition) is 2. The van der Waals surface area contributed by atoms with E-state index in [1.165, 1.54) is 31.4 Å². The molecule has 20 heavy (non-hydrogen) atoms. The molecule has 1 unspecified atom stereocenters. The standard InChI is InChI=1S/C13H20N2O4S/c1-9(2)8-12(13(16)19-3)15-20(17,18)11-6-4-10(14)5-7-11/h4-7,9,12,15H,8,14H2,1-3H3. The molecule has 6 nitrogen and oxygen atoms in total. The summed E-state index contributed by atoms with van der Waals surface area (Å²) in [6, 6.07) is 4.86. The molecule has 1 aromatic carbocycles. The van der Waals surface area contributed by atoms with Gasteiger partial charge in [-0.25, -0.2) is 8.42 Å². The van der Waals surface area contributed by atoms with E-state index in [1.807, 2.05) is 13.8 Å². The minimum Gasteiger partial charge on any atom is -0.468 e. The van der Waals surface area contributed by atoms with Crippen molar-refractivity contribution in [2.45, 2.75) is 31.2 Å². The van der Waals surface area contributed by atoms with Crippen LogP contribution in [0.2, 0.25) is 0 Å². The Kier molecular flexibility index (Phi) is 5.52. The van der Waals surface area contributed by atoms with Crippen LogP contribution in [0, 0.1) is 5.92 Å². The largest absolute Gasteiger partial charge is 0.468 e. The Labute approximate surface area is 119 Å². The Bertz CT molecular complexity index is 552. The number of nitrogen functional groups attached to an aromatic ring is 1. The van der Waals surface area contributed by atoms with Gasteiger partial charge in [-0.15, -0.1) is 0 Å². The highest BCUT2D eigenvalue weighted by Gasteiger charge is 2.27. The number of carbonyl (C=O) groups is 1. The topological polar surface area (TPSA) is 98.5 Å². The first-order valence-electron chi connectivity index (χ1n) is 6.22. The van der Waals surface area contributed by atoms with Gasteiger partial charge in [-0.1, -0.05) is 13.8 Å². The van der Waals surface area contributed by atoms with Crippen molar-refractivity contribution in [1.82, 2.24) is 4.72 Å². The fraction of sp³-hybridized carbons (Fsp3) is 0.462. The SMILES string of the molecule is COC(=O)C(CC(C)C)NS(=O)(=O)c1ccc(N)cc1. The number of sulfonamides is 1. The van der Waals surface area contributed by atoms with Gasteiger partial charge in [0.15, 0.2) is 0 Å². The average Bonchev–Trinajstić information content (AvgIpc) is 2.36. The summed E-state index contributed by atoms with van der Waals surface area (Å²) in [5, 5.41) is 0. The number of ether oxygens (including phenoxy) is 1. The van der Waals surface area contributed by atoms with E-state index in [2.05, 4.69) is 9.46 Å². The maximum Gasteiger partial charge on any atom is 0.323 e. The van der Waals surface area contributed by atoms with Crippen molar-refractivity contribution in [3.8, 4) is 0 Å². The highest BCUT2D eigenvalue weighted by Crippen LogP contribution is 2.14. The predicted molar refractivity (Wildman–Crippen MR) is 76.4 cm³/mol. The number of nitrogens with two attached hydrogens (primary N) is 1. The zero-order valence-electron chi connectivity index (χ0n) is 11.8. The lowest BCUT2D eigenvalue weighted by molar-refractivity contribution is -0.143. The molecule has 1 rings (SSSR count). The molecule has 0 fully saturated rings. The minimum atomic E-state index is -3.78. The van der Waals surface area contributed by atoms with Crippen molar-refractivity contribution in [1.29, 1.82) is 0 Å². The minimum absolute atomic E-state index is 0.0596. The number of esters is 1. The van der Waals surface area contributed by atoms with Gasteiger partial charge in [0.05, 0.1) is 12.0 Å². The molecule has 0 spiro atoms. The predicted octanol–water partition coefficient (Wildman–Crippen LogP) is 1.13. The Morgan fingerprint density at radius 1 is 1.30 bits per heavy atom. The van der Waals surface area contributed by atoms with Crippen LogP contribution >= 0.6 is 0 Å². The first kappa shape index (κ1) is 16.5. The summed E-state index contributed by atoms with van der Waals surface area (Å²) in [4.78, 5) is 11.7. The summed E-state index contributed by atoms with van der Waals surface area (Å²) in [5.41, 5.74) is 5.99. The van der Waals surface area contributed by atoms with Crippen molar-refractivity contribution in [2.75, 3.05) is 12.8 Å². The van der Waals surface area contributed by atoms with Crippen LogP contribution in [0.1, 0.15) is 20.3 Å². The van der Waals surface area contributed by atoms with E-state index >= 15 is 0 Å². The zero-order valence-corrected chi connectivity index (χ0v) is 12.6. The molecule has 0 aliphatic heterocycles. The Hall–Kier alpha value is -1.60. The summed E-state index contributed by atoms with van der Waals surface area (Å²) in [5.74, 6) is -0.453. The third-order valence-corrected chi connectivity index (χ3v) is 4.17. The summed E-state index contributed by atoms with van der Waals surface area (Å²) >= 11 is 0. The summed E-state index contributed by atoms with van der Waals surface area (Å²) in [6.45, 7) is 3.79. The maximum absolute atomic E-state index is 12.2. The van der Waals surface area contributed by atoms with Crippen LogP contribution in [0.5, 0.6) is 0 Å². The van der Waals surface area contributed by atoms with Gasteiger partial charge in [-0.3, -0.25) is 4.79 Å². The third-order valence-electron chi connectivity index (χ3n) is 2.68. The molecule has 1 atom stereocenters. The highest BCUT2D eigenvalue weighted by atomic mass is 32.2. The normalized spacial score (nSPS) is 13.2. The van der Waals surface area contributed by atoms with Crippen LogP contribution in [-0.4, -0.2) is 27.5 Å². The third kappa shape index (κ3) is 4.50. The second-order valence-electron chi connectivity index (χ2n) is 4.90. The number of hydrogen-bond acceptors (Lipinski definition) is 5. The van der Waals surface area contributed by atoms with Crippen molar-refractivity contribution in [2.24, 2.45) is 5.92 Å². The molecule has 7 heteroatoms. The van der Waals surface area contributed by atoms with Crippen LogP contribution in [0.4, 0.5) is 5.69 Å². The molecule has 0 saturated heterocycles. The first-order chi connectivity index (χ1) is 9.26. The van der Waals surface area contributed by atoms with Crippen LogP contribution in [0.25, 0.3) is 0 Å². The Morgan fingerprint density at radius 2 is 1.85 bits per heavy atom. The number of anilines is 1. The fourth-order valence-corrected chi connectivity index (χ4v) is 2.91. The van der Waals surface area contributed by atoms with E-state index in [0.29, 0.717) is 12.1 Å². The molecule has 0 radical (unpaired) electrons. The van der Waals surface area contributed by atoms with Crippen LogP contribution < -0.4 is 10.5 Å². The molecular formula is C13H20N2O4S. The first-order valence-corrected chi connectivity index (χ1v) is 7.70. The second-order valence-corrected chi connectivity index (χ2v) is 6.61. The fourth-order valence-electron chi connectivity index (χ4n) is 1.71. The van der Waals surface area contributed by atoms with E-state index in [0.717, 1.165) is 0 Å². The lowest BCUT2D eigenvalue weighted by Crippen LogP contribution is -2.42. The van der Waals surface area contributed by atoms with Crippen molar-refractivity contribution >= 4 is 21.7 Å². The van der Waals surface area contributed by atoms with E-state index in [9.17, 15) is 13.2 Å². The molecule has 0 amide bonds. The van der Waals surface area contributed by atoms with E-state index in [1.54, 1.807) is 0 Å². The molecule has 112 valence electrons. The molecule has 0 aromatic heterocycles. The van der Waals surface area contributed by atoms with Crippen molar-refractivity contribution in [3.05, 3.63) is 24.3 Å². The van der Waals surface area contributed by atoms with Gasteiger partial charge in [0.25, 0.3) is 0 Å². The average molecular weight is 300 g/mol. The summed E-state index contributed by atoms with van der Waals surface area (Å²) in [7, 11) is -2.55. The molecule has 1 aromatic rings. The molecule has 0 bridgehead atoms. The maximum atomic E-state index is 12.2. The van der Waals surface area contributed by atoms with Gasteiger partial charge in [0.2, 0.25) is 10.0 Å². The van der Waals surface area contributed by atoms with Gasteiger partial charge < -0.3 is 10.5 Å². The highest BCUT2D eigenvalue weighted by molar-refractivity contribution is 7.89. The molecule has 0 heterocycles. The summed E-state index contributed by atoms with van der Waals surface area (Å²) in [6.07, 6.45) is 0.362. The quantitative estimate of drug-likeness (QED) is 0.606. The van der Waals surface area contributed by atoms with Crippen LogP contribution in [0.15, 0.2) is 29.2 Å². The molecule has 0 aliphatic carbocycles. The smallest absolute Gasteiger partial charge is 0.323 e. The molecular weight excluding hydrogens is 280 g/mol. The van der Waals surface area contributed by atoms with E-state index < -0.39 is 22.0 Å². The van der Waals surface area contributed by atoms with Crippen molar-refractivity contribution in [3.63, 3.8) is 0 Å². The summed E-state index contributed by atoms with van der Waals surface area (Å²) < 4.78 is 31.4. The van der Waals surface area contributed by atoms with Gasteiger partial charge in [0.1, 0.15) is 6.04 Å². The number of rotatable bonds is 6. The molecule has 0 aliphatic rings. The Morgan fingerprint density at radius 3 is 2.30 bits per heavy atom. The molecule has 3 N–H and O–H groups in total. The monoisotopic (exact) mass is 300 g/mol. The van der Waals surface area contributed by atoms with Crippen molar-refractivity contribution < 1.29 is 17.9 Å².